The normalized spacial score (nSPS) is 15.5. The maximum absolute atomic E-state index is 4.44. The van der Waals surface area contributed by atoms with E-state index in [0.29, 0.717) is 0 Å². The Hall–Kier alpha value is -1.84. The van der Waals surface area contributed by atoms with E-state index < -0.39 is 0 Å². The number of imidazole rings is 2. The molecule has 0 aliphatic heterocycles. The highest BCUT2D eigenvalue weighted by molar-refractivity contribution is 5.52. The van der Waals surface area contributed by atoms with E-state index in [1.54, 1.807) is 11.9 Å². The Labute approximate surface area is 113 Å². The molecule has 2 aromatic rings. The number of aryl methyl sites for hydroxylation is 2. The van der Waals surface area contributed by atoms with Gasteiger partial charge in [-0.25, -0.2) is 9.97 Å². The van der Waals surface area contributed by atoms with Crippen LogP contribution in [0.5, 0.6) is 0 Å². The fraction of sp³-hybridized carbons (Fsp3) is 0.467. The molecule has 0 bridgehead atoms. The smallest absolute Gasteiger partial charge is 0.160 e. The Balaban J connectivity index is 1.74. The minimum Gasteiger partial charge on any atom is -0.348 e. The van der Waals surface area contributed by atoms with Crippen LogP contribution in [-0.2, 0) is 6.54 Å². The van der Waals surface area contributed by atoms with Gasteiger partial charge in [0.15, 0.2) is 5.82 Å². The van der Waals surface area contributed by atoms with Crippen molar-refractivity contribution in [3.8, 4) is 11.5 Å². The molecule has 0 unspecified atom stereocenters. The van der Waals surface area contributed by atoms with Crippen LogP contribution < -0.4 is 0 Å². The third-order valence-electron chi connectivity index (χ3n) is 3.82. The first-order valence-corrected chi connectivity index (χ1v) is 7.04. The zero-order valence-corrected chi connectivity index (χ0v) is 11.4. The predicted octanol–water partition coefficient (Wildman–Crippen LogP) is 3.47. The van der Waals surface area contributed by atoms with E-state index in [-0.39, 0.29) is 0 Å². The van der Waals surface area contributed by atoms with Crippen LogP contribution in [0.2, 0.25) is 0 Å². The largest absolute Gasteiger partial charge is 0.348 e. The van der Waals surface area contributed by atoms with Gasteiger partial charge in [0.1, 0.15) is 5.69 Å². The number of nitrogens with zero attached hydrogens (tertiary/aromatic N) is 3. The summed E-state index contributed by atoms with van der Waals surface area (Å²) in [5, 5.41) is 0. The molecule has 0 radical (unpaired) electrons. The number of hydrogen-bond donors (Lipinski definition) is 1. The van der Waals surface area contributed by atoms with Gasteiger partial charge in [0.2, 0.25) is 0 Å². The van der Waals surface area contributed by atoms with Crippen molar-refractivity contribution in [3.05, 3.63) is 36.1 Å². The highest BCUT2D eigenvalue weighted by Gasteiger charge is 2.11. The molecule has 0 saturated carbocycles. The first-order valence-electron chi connectivity index (χ1n) is 7.04. The molecular weight excluding hydrogens is 236 g/mol. The van der Waals surface area contributed by atoms with Gasteiger partial charge in [0.05, 0.1) is 6.33 Å². The van der Waals surface area contributed by atoms with Crippen molar-refractivity contribution in [2.45, 2.75) is 45.6 Å². The SMILES string of the molecule is Cc1[nH]cnc1-c1nccn1CCC1=CCCCC1. The van der Waals surface area contributed by atoms with E-state index in [0.717, 1.165) is 30.2 Å². The van der Waals surface area contributed by atoms with E-state index in [1.807, 2.05) is 19.3 Å². The third-order valence-corrected chi connectivity index (χ3v) is 3.82. The first-order chi connectivity index (χ1) is 9.34. The van der Waals surface area contributed by atoms with Gasteiger partial charge in [-0.15, -0.1) is 0 Å². The summed E-state index contributed by atoms with van der Waals surface area (Å²) in [6, 6.07) is 0. The summed E-state index contributed by atoms with van der Waals surface area (Å²) in [6.07, 6.45) is 14.4. The summed E-state index contributed by atoms with van der Waals surface area (Å²) < 4.78 is 2.21. The molecule has 4 nitrogen and oxygen atoms in total. The average Bonchev–Trinajstić information content (AvgIpc) is 3.05. The molecule has 1 aliphatic rings. The Morgan fingerprint density at radius 2 is 2.26 bits per heavy atom. The molecular formula is C15H20N4. The molecule has 0 saturated heterocycles. The van der Waals surface area contributed by atoms with Crippen LogP contribution in [0, 0.1) is 6.92 Å². The summed E-state index contributed by atoms with van der Waals surface area (Å²) in [4.78, 5) is 11.9. The second-order valence-electron chi connectivity index (χ2n) is 5.18. The highest BCUT2D eigenvalue weighted by Crippen LogP contribution is 2.23. The molecule has 0 aromatic carbocycles. The number of aromatic amines is 1. The Bertz CT molecular complexity index is 576. The maximum Gasteiger partial charge on any atom is 0.160 e. The van der Waals surface area contributed by atoms with Crippen molar-refractivity contribution in [2.75, 3.05) is 0 Å². The minimum absolute atomic E-state index is 0.961. The van der Waals surface area contributed by atoms with Crippen molar-refractivity contribution in [1.82, 2.24) is 19.5 Å². The molecule has 100 valence electrons. The minimum atomic E-state index is 0.961. The number of H-pyrrole nitrogens is 1. The molecule has 2 heterocycles. The molecule has 2 aromatic heterocycles. The van der Waals surface area contributed by atoms with Crippen molar-refractivity contribution in [1.29, 1.82) is 0 Å². The average molecular weight is 256 g/mol. The summed E-state index contributed by atoms with van der Waals surface area (Å²) in [7, 11) is 0. The predicted molar refractivity (Wildman–Crippen MR) is 75.7 cm³/mol. The Kier molecular flexibility index (Phi) is 3.49. The number of hydrogen-bond acceptors (Lipinski definition) is 2. The monoisotopic (exact) mass is 256 g/mol. The second kappa shape index (κ2) is 5.43. The first kappa shape index (κ1) is 12.2. The standard InChI is InChI=1S/C15H20N4/c1-12-14(18-11-17-12)15-16-8-10-19(15)9-7-13-5-3-2-4-6-13/h5,8,10-11H,2-4,6-7,9H2,1H3,(H,17,18). The third kappa shape index (κ3) is 2.62. The van der Waals surface area contributed by atoms with Crippen LogP contribution in [0.4, 0.5) is 0 Å². The Morgan fingerprint density at radius 1 is 1.32 bits per heavy atom. The molecule has 19 heavy (non-hydrogen) atoms. The van der Waals surface area contributed by atoms with Crippen molar-refractivity contribution < 1.29 is 0 Å². The molecule has 0 spiro atoms. The zero-order valence-electron chi connectivity index (χ0n) is 11.4. The van der Waals surface area contributed by atoms with E-state index in [9.17, 15) is 0 Å². The number of allylic oxidation sites excluding steroid dienone is 2. The number of aromatic nitrogens is 4. The van der Waals surface area contributed by atoms with E-state index >= 15 is 0 Å². The molecule has 0 amide bonds. The lowest BCUT2D eigenvalue weighted by Crippen LogP contribution is -2.03. The van der Waals surface area contributed by atoms with Gasteiger partial charge in [0.25, 0.3) is 0 Å². The van der Waals surface area contributed by atoms with Crippen LogP contribution in [0.3, 0.4) is 0 Å². The molecule has 1 aliphatic carbocycles. The summed E-state index contributed by atoms with van der Waals surface area (Å²) in [6.45, 7) is 3.03. The van der Waals surface area contributed by atoms with Gasteiger partial charge >= 0.3 is 0 Å². The zero-order chi connectivity index (χ0) is 13.1. The topological polar surface area (TPSA) is 46.5 Å². The molecule has 0 atom stereocenters. The molecule has 1 N–H and O–H groups in total. The fourth-order valence-corrected chi connectivity index (χ4v) is 2.69. The van der Waals surface area contributed by atoms with Gasteiger partial charge in [0, 0.05) is 24.6 Å². The maximum atomic E-state index is 4.44. The molecule has 4 heteroatoms. The van der Waals surface area contributed by atoms with Gasteiger partial charge in [-0.05, 0) is 39.0 Å². The molecule has 3 rings (SSSR count). The fourth-order valence-electron chi connectivity index (χ4n) is 2.69. The summed E-state index contributed by atoms with van der Waals surface area (Å²) in [5.74, 6) is 0.968. The van der Waals surface area contributed by atoms with Gasteiger partial charge in [-0.1, -0.05) is 11.6 Å². The lowest BCUT2D eigenvalue weighted by Gasteiger charge is -2.13. The van der Waals surface area contributed by atoms with Gasteiger partial charge in [-0.2, -0.15) is 0 Å². The Morgan fingerprint density at radius 3 is 3.00 bits per heavy atom. The summed E-state index contributed by atoms with van der Waals surface area (Å²) in [5.41, 5.74) is 3.64. The van der Waals surface area contributed by atoms with Crippen molar-refractivity contribution in [2.24, 2.45) is 0 Å². The lowest BCUT2D eigenvalue weighted by molar-refractivity contribution is 0.628. The van der Waals surface area contributed by atoms with Crippen LogP contribution >= 0.6 is 0 Å². The lowest BCUT2D eigenvalue weighted by atomic mass is 9.97. The second-order valence-corrected chi connectivity index (χ2v) is 5.18. The number of rotatable bonds is 4. The summed E-state index contributed by atoms with van der Waals surface area (Å²) >= 11 is 0. The van der Waals surface area contributed by atoms with Crippen LogP contribution in [0.1, 0.15) is 37.8 Å². The number of nitrogens with one attached hydrogen (secondary N) is 1. The quantitative estimate of drug-likeness (QED) is 0.851. The van der Waals surface area contributed by atoms with Crippen molar-refractivity contribution >= 4 is 0 Å². The highest BCUT2D eigenvalue weighted by atomic mass is 15.1. The molecule has 0 fully saturated rings. The van der Waals surface area contributed by atoms with E-state index in [2.05, 4.69) is 25.6 Å². The van der Waals surface area contributed by atoms with Gasteiger partial charge < -0.3 is 9.55 Å². The van der Waals surface area contributed by atoms with Crippen LogP contribution in [0.15, 0.2) is 30.4 Å². The van der Waals surface area contributed by atoms with Crippen LogP contribution in [0.25, 0.3) is 11.5 Å². The van der Waals surface area contributed by atoms with Crippen LogP contribution in [-0.4, -0.2) is 19.5 Å². The van der Waals surface area contributed by atoms with Gasteiger partial charge in [-0.3, -0.25) is 0 Å². The van der Waals surface area contributed by atoms with Crippen molar-refractivity contribution in [3.63, 3.8) is 0 Å². The van der Waals surface area contributed by atoms with E-state index in [4.69, 9.17) is 0 Å². The van der Waals surface area contributed by atoms with E-state index in [1.165, 1.54) is 25.7 Å².